The molecule has 10 heteroatoms. The van der Waals surface area contributed by atoms with Crippen LogP contribution >= 0.6 is 0 Å². The topological polar surface area (TPSA) is 146 Å². The molecule has 206 valence electrons. The number of nitro groups is 1. The lowest BCUT2D eigenvalue weighted by molar-refractivity contribution is -0.384. The molecule has 1 heterocycles. The zero-order valence-electron chi connectivity index (χ0n) is 22.4. The number of benzene rings is 3. The van der Waals surface area contributed by atoms with Crippen LogP contribution in [0.5, 0.6) is 0 Å². The first-order valence-corrected chi connectivity index (χ1v) is 12.7. The Bertz CT molecular complexity index is 1560. The fraction of sp³-hybridized carbons (Fsp3) is 0.233. The molecule has 0 spiro atoms. The van der Waals surface area contributed by atoms with E-state index in [-0.39, 0.29) is 18.5 Å². The van der Waals surface area contributed by atoms with Crippen molar-refractivity contribution in [3.05, 3.63) is 111 Å². The van der Waals surface area contributed by atoms with Crippen LogP contribution in [-0.2, 0) is 22.4 Å². The third-order valence-corrected chi connectivity index (χ3v) is 6.85. The van der Waals surface area contributed by atoms with Gasteiger partial charge in [-0.3, -0.25) is 19.7 Å². The normalized spacial score (nSPS) is 12.5. The summed E-state index contributed by atoms with van der Waals surface area (Å²) >= 11 is 0. The van der Waals surface area contributed by atoms with Crippen molar-refractivity contribution in [1.82, 2.24) is 15.2 Å². The Hall–Kier alpha value is -4.99. The van der Waals surface area contributed by atoms with Gasteiger partial charge in [0.25, 0.3) is 11.6 Å². The lowest BCUT2D eigenvalue weighted by Gasteiger charge is -2.29. The number of aromatic nitrogens is 1. The van der Waals surface area contributed by atoms with Gasteiger partial charge in [-0.2, -0.15) is 0 Å². The molecule has 0 aliphatic carbocycles. The Morgan fingerprint density at radius 2 is 1.65 bits per heavy atom. The van der Waals surface area contributed by atoms with Gasteiger partial charge in [0.15, 0.2) is 0 Å². The summed E-state index contributed by atoms with van der Waals surface area (Å²) in [6, 6.07) is 16.2. The number of carbonyl (C=O) groups is 3. The monoisotopic (exact) mass is 542 g/mol. The SMILES string of the molecule is Cc1cc(C)cc(C(=O)N(C)[C@H](Cc2ccc([N+](=O)[O-])cc2)C(=O)N[C@@H](Cc2c[nH]c3ccccc23)C(=O)O)c1. The van der Waals surface area contributed by atoms with E-state index in [1.807, 2.05) is 44.2 Å². The Morgan fingerprint density at radius 3 is 2.27 bits per heavy atom. The van der Waals surface area contributed by atoms with Crippen molar-refractivity contribution in [2.75, 3.05) is 7.05 Å². The van der Waals surface area contributed by atoms with Crippen molar-refractivity contribution in [2.45, 2.75) is 38.8 Å². The highest BCUT2D eigenvalue weighted by Crippen LogP contribution is 2.21. The van der Waals surface area contributed by atoms with Crippen LogP contribution in [-0.4, -0.2) is 56.8 Å². The van der Waals surface area contributed by atoms with E-state index in [1.54, 1.807) is 18.3 Å². The smallest absolute Gasteiger partial charge is 0.326 e. The molecular weight excluding hydrogens is 512 g/mol. The van der Waals surface area contributed by atoms with Crippen molar-refractivity contribution < 1.29 is 24.4 Å². The number of hydrogen-bond donors (Lipinski definition) is 3. The molecule has 0 unspecified atom stereocenters. The van der Waals surface area contributed by atoms with Gasteiger partial charge in [-0.1, -0.05) is 47.5 Å². The summed E-state index contributed by atoms with van der Waals surface area (Å²) < 4.78 is 0. The molecule has 3 aromatic carbocycles. The number of hydrogen-bond acceptors (Lipinski definition) is 5. The van der Waals surface area contributed by atoms with Crippen molar-refractivity contribution in [3.8, 4) is 0 Å². The van der Waals surface area contributed by atoms with Gasteiger partial charge in [0, 0.05) is 54.7 Å². The van der Waals surface area contributed by atoms with Gasteiger partial charge in [-0.15, -0.1) is 0 Å². The molecule has 4 aromatic rings. The van der Waals surface area contributed by atoms with Gasteiger partial charge < -0.3 is 20.3 Å². The number of nitro benzene ring substituents is 1. The molecule has 0 saturated heterocycles. The van der Waals surface area contributed by atoms with Gasteiger partial charge in [0.2, 0.25) is 5.91 Å². The number of amides is 2. The number of aryl methyl sites for hydroxylation is 2. The number of para-hydroxylation sites is 1. The van der Waals surface area contributed by atoms with Crippen molar-refractivity contribution in [2.24, 2.45) is 0 Å². The van der Waals surface area contributed by atoms with Gasteiger partial charge in [-0.25, -0.2) is 4.79 Å². The molecule has 0 aliphatic rings. The second kappa shape index (κ2) is 11.8. The van der Waals surface area contributed by atoms with Gasteiger partial charge in [-0.05, 0) is 43.2 Å². The largest absolute Gasteiger partial charge is 0.480 e. The Balaban J connectivity index is 1.62. The van der Waals surface area contributed by atoms with E-state index in [2.05, 4.69) is 10.3 Å². The molecule has 40 heavy (non-hydrogen) atoms. The number of nitrogens with one attached hydrogen (secondary N) is 2. The molecule has 10 nitrogen and oxygen atoms in total. The lowest BCUT2D eigenvalue weighted by atomic mass is 10.0. The molecule has 0 saturated carbocycles. The number of H-pyrrole nitrogens is 1. The average Bonchev–Trinajstić information content (AvgIpc) is 3.32. The van der Waals surface area contributed by atoms with Crippen LogP contribution < -0.4 is 5.32 Å². The first-order valence-electron chi connectivity index (χ1n) is 12.7. The summed E-state index contributed by atoms with van der Waals surface area (Å²) in [4.78, 5) is 54.3. The van der Waals surface area contributed by atoms with Crippen molar-refractivity contribution in [1.29, 1.82) is 0 Å². The minimum atomic E-state index is -1.25. The van der Waals surface area contributed by atoms with Crippen LogP contribution in [0.25, 0.3) is 10.9 Å². The van der Waals surface area contributed by atoms with Crippen LogP contribution in [0.4, 0.5) is 5.69 Å². The average molecular weight is 543 g/mol. The molecule has 3 N–H and O–H groups in total. The number of nitrogens with zero attached hydrogens (tertiary/aromatic N) is 2. The Kier molecular flexibility index (Phi) is 8.28. The fourth-order valence-electron chi connectivity index (χ4n) is 4.81. The summed E-state index contributed by atoms with van der Waals surface area (Å²) in [6.45, 7) is 3.74. The summed E-state index contributed by atoms with van der Waals surface area (Å²) in [5, 5.41) is 24.5. The van der Waals surface area contributed by atoms with Gasteiger partial charge in [0.05, 0.1) is 4.92 Å². The van der Waals surface area contributed by atoms with E-state index in [4.69, 9.17) is 0 Å². The van der Waals surface area contributed by atoms with Crippen LogP contribution in [0.15, 0.2) is 72.9 Å². The minimum absolute atomic E-state index is 0.0241. The minimum Gasteiger partial charge on any atom is -0.480 e. The molecule has 4 rings (SSSR count). The van der Waals surface area contributed by atoms with E-state index in [9.17, 15) is 29.6 Å². The summed E-state index contributed by atoms with van der Waals surface area (Å²) in [6.07, 6.45) is 1.78. The fourth-order valence-corrected chi connectivity index (χ4v) is 4.81. The number of aromatic amines is 1. The highest BCUT2D eigenvalue weighted by Gasteiger charge is 2.32. The summed E-state index contributed by atoms with van der Waals surface area (Å²) in [5.41, 5.74) is 4.23. The van der Waals surface area contributed by atoms with Crippen LogP contribution in [0.1, 0.15) is 32.6 Å². The molecule has 0 fully saturated rings. The zero-order chi connectivity index (χ0) is 29.0. The predicted molar refractivity (Wildman–Crippen MR) is 150 cm³/mol. The maximum absolute atomic E-state index is 13.7. The first kappa shape index (κ1) is 28.0. The van der Waals surface area contributed by atoms with Gasteiger partial charge in [0.1, 0.15) is 12.1 Å². The second-order valence-electron chi connectivity index (χ2n) is 9.90. The standard InChI is InChI=1S/C30H30N4O6/c1-18-12-19(2)14-21(13-18)29(36)33(3)27(15-20-8-10-23(11-9-20)34(39)40)28(35)32-26(30(37)38)16-22-17-31-25-7-5-4-6-24(22)25/h4-14,17,26-27,31H,15-16H2,1-3H3,(H,32,35)(H,37,38)/t26-,27+/m0/s1. The number of carbonyl (C=O) groups excluding carboxylic acids is 2. The van der Waals surface area contributed by atoms with E-state index in [0.717, 1.165) is 27.6 Å². The number of carboxylic acids is 1. The number of fused-ring (bicyclic) bond motifs is 1. The van der Waals surface area contributed by atoms with E-state index in [0.29, 0.717) is 11.1 Å². The molecule has 1 aromatic heterocycles. The highest BCUT2D eigenvalue weighted by molar-refractivity contribution is 5.98. The lowest BCUT2D eigenvalue weighted by Crippen LogP contribution is -2.53. The Morgan fingerprint density at radius 1 is 1.00 bits per heavy atom. The van der Waals surface area contributed by atoms with Crippen LogP contribution in [0.3, 0.4) is 0 Å². The summed E-state index contributed by atoms with van der Waals surface area (Å²) in [5.74, 6) is -2.26. The first-order chi connectivity index (χ1) is 19.0. The zero-order valence-corrected chi connectivity index (χ0v) is 22.4. The number of carboxylic acid groups (broad SMARTS) is 1. The molecule has 0 aliphatic heterocycles. The number of rotatable bonds is 10. The molecule has 0 radical (unpaired) electrons. The van der Waals surface area contributed by atoms with E-state index >= 15 is 0 Å². The van der Waals surface area contributed by atoms with Crippen molar-refractivity contribution >= 4 is 34.4 Å². The maximum Gasteiger partial charge on any atom is 0.326 e. The molecule has 0 bridgehead atoms. The third kappa shape index (κ3) is 6.35. The van der Waals surface area contributed by atoms with Crippen molar-refractivity contribution in [3.63, 3.8) is 0 Å². The third-order valence-electron chi connectivity index (χ3n) is 6.85. The quantitative estimate of drug-likeness (QED) is 0.202. The summed E-state index contributed by atoms with van der Waals surface area (Å²) in [7, 11) is 1.49. The van der Waals surface area contributed by atoms with Crippen LogP contribution in [0, 0.1) is 24.0 Å². The number of aliphatic carboxylic acids is 1. The molecule has 2 atom stereocenters. The number of non-ortho nitro benzene ring substituents is 1. The molecule has 2 amide bonds. The predicted octanol–water partition coefficient (Wildman–Crippen LogP) is 4.19. The number of likely N-dealkylation sites (N-methyl/N-ethyl adjacent to an activating group) is 1. The Labute approximate surface area is 230 Å². The maximum atomic E-state index is 13.7. The highest BCUT2D eigenvalue weighted by atomic mass is 16.6. The molecular formula is C30H30N4O6. The van der Waals surface area contributed by atoms with Crippen LogP contribution in [0.2, 0.25) is 0 Å². The van der Waals surface area contributed by atoms with Gasteiger partial charge >= 0.3 is 5.97 Å². The second-order valence-corrected chi connectivity index (χ2v) is 9.90. The van der Waals surface area contributed by atoms with E-state index in [1.165, 1.54) is 36.2 Å². The van der Waals surface area contributed by atoms with E-state index < -0.39 is 34.8 Å².